The lowest BCUT2D eigenvalue weighted by Crippen LogP contribution is -2.40. The fourth-order valence-corrected chi connectivity index (χ4v) is 7.13. The third kappa shape index (κ3) is 0.863. The Morgan fingerprint density at radius 1 is 1.14 bits per heavy atom. The fraction of sp³-hybridized carbons (Fsp3) is 0.833. The highest BCUT2D eigenvalue weighted by Crippen LogP contribution is 2.81. The minimum Gasteiger partial charge on any atom is -0.147 e. The summed E-state index contributed by atoms with van der Waals surface area (Å²) in [7, 11) is 0. The van der Waals surface area contributed by atoms with Crippen LogP contribution in [-0.4, -0.2) is 20.0 Å². The van der Waals surface area contributed by atoms with Gasteiger partial charge in [-0.05, 0) is 11.8 Å². The summed E-state index contributed by atoms with van der Waals surface area (Å²) in [4.78, 5) is 0. The molecular weight excluding hydrogens is 208 g/mol. The standard InChI is InChI=1S/C12H18S2/c1-7(2)11-6-5-9-10(13-9)12(11,14-11)8(3)4/h5-10H,1-4H3. The molecule has 3 aliphatic rings. The summed E-state index contributed by atoms with van der Waals surface area (Å²) in [5.41, 5.74) is 0. The van der Waals surface area contributed by atoms with Gasteiger partial charge in [0.15, 0.2) is 0 Å². The molecule has 2 saturated heterocycles. The smallest absolute Gasteiger partial charge is 0.0529 e. The first-order valence-electron chi connectivity index (χ1n) is 5.59. The lowest BCUT2D eigenvalue weighted by Gasteiger charge is -2.29. The Balaban J connectivity index is 2.02. The molecule has 2 aliphatic heterocycles. The SMILES string of the molecule is CC(C)C12C=CC3SC3C1(C(C)C)S2. The van der Waals surface area contributed by atoms with Crippen LogP contribution in [0, 0.1) is 11.8 Å². The van der Waals surface area contributed by atoms with Crippen LogP contribution in [0.5, 0.6) is 0 Å². The van der Waals surface area contributed by atoms with Gasteiger partial charge in [0.25, 0.3) is 0 Å². The van der Waals surface area contributed by atoms with Crippen LogP contribution < -0.4 is 0 Å². The third-order valence-corrected chi connectivity index (χ3v) is 8.12. The monoisotopic (exact) mass is 226 g/mol. The molecule has 78 valence electrons. The number of rotatable bonds is 2. The molecule has 0 bridgehead atoms. The van der Waals surface area contributed by atoms with E-state index in [9.17, 15) is 0 Å². The molecule has 0 amide bonds. The van der Waals surface area contributed by atoms with Crippen molar-refractivity contribution in [1.29, 1.82) is 0 Å². The number of fused-ring (bicyclic) bond motifs is 3. The van der Waals surface area contributed by atoms with Gasteiger partial charge in [-0.2, -0.15) is 0 Å². The summed E-state index contributed by atoms with van der Waals surface area (Å²) >= 11 is 4.44. The van der Waals surface area contributed by atoms with Crippen LogP contribution in [0.2, 0.25) is 0 Å². The summed E-state index contributed by atoms with van der Waals surface area (Å²) in [6.07, 6.45) is 5.00. The number of hydrogen-bond acceptors (Lipinski definition) is 2. The second-order valence-electron chi connectivity index (χ2n) is 5.38. The predicted octanol–water partition coefficient (Wildman–Crippen LogP) is 3.58. The lowest BCUT2D eigenvalue weighted by molar-refractivity contribution is 0.373. The molecule has 2 heteroatoms. The molecule has 0 N–H and O–H groups in total. The zero-order valence-electron chi connectivity index (χ0n) is 9.28. The molecule has 4 unspecified atom stereocenters. The first-order valence-corrected chi connectivity index (χ1v) is 7.35. The summed E-state index contributed by atoms with van der Waals surface area (Å²) in [6, 6.07) is 0. The van der Waals surface area contributed by atoms with E-state index in [2.05, 4.69) is 63.4 Å². The Labute approximate surface area is 95.3 Å². The van der Waals surface area contributed by atoms with E-state index in [1.165, 1.54) is 0 Å². The van der Waals surface area contributed by atoms with Crippen molar-refractivity contribution in [2.45, 2.75) is 47.7 Å². The Morgan fingerprint density at radius 3 is 2.43 bits per heavy atom. The minimum absolute atomic E-state index is 0.492. The summed E-state index contributed by atoms with van der Waals surface area (Å²) in [5.74, 6) is 1.61. The van der Waals surface area contributed by atoms with Crippen LogP contribution in [0.4, 0.5) is 0 Å². The maximum Gasteiger partial charge on any atom is 0.0529 e. The maximum atomic E-state index is 2.53. The molecule has 4 atom stereocenters. The van der Waals surface area contributed by atoms with Gasteiger partial charge < -0.3 is 0 Å². The molecule has 2 heterocycles. The molecule has 0 saturated carbocycles. The van der Waals surface area contributed by atoms with E-state index in [0.717, 1.165) is 22.3 Å². The first kappa shape index (κ1) is 9.65. The average molecular weight is 226 g/mol. The van der Waals surface area contributed by atoms with E-state index in [4.69, 9.17) is 0 Å². The third-order valence-electron chi connectivity index (χ3n) is 4.10. The normalized spacial score (nSPS) is 53.3. The quantitative estimate of drug-likeness (QED) is 0.521. The van der Waals surface area contributed by atoms with Crippen molar-refractivity contribution in [3.63, 3.8) is 0 Å². The van der Waals surface area contributed by atoms with Crippen molar-refractivity contribution in [3.05, 3.63) is 12.2 Å². The van der Waals surface area contributed by atoms with Gasteiger partial charge in [-0.1, -0.05) is 39.8 Å². The fourth-order valence-electron chi connectivity index (χ4n) is 3.21. The molecule has 3 rings (SSSR count). The summed E-state index contributed by atoms with van der Waals surface area (Å²) < 4.78 is 1.08. The maximum absolute atomic E-state index is 2.53. The summed E-state index contributed by atoms with van der Waals surface area (Å²) in [5, 5.41) is 1.79. The lowest BCUT2D eigenvalue weighted by atomic mass is 9.72. The van der Waals surface area contributed by atoms with Crippen LogP contribution in [0.1, 0.15) is 27.7 Å². The van der Waals surface area contributed by atoms with Gasteiger partial charge in [0.05, 0.1) is 9.49 Å². The highest BCUT2D eigenvalue weighted by atomic mass is 32.2. The largest absolute Gasteiger partial charge is 0.147 e. The Bertz CT molecular complexity index is 307. The number of hydrogen-bond donors (Lipinski definition) is 0. The van der Waals surface area contributed by atoms with Crippen molar-refractivity contribution < 1.29 is 0 Å². The van der Waals surface area contributed by atoms with Crippen molar-refractivity contribution in [3.8, 4) is 0 Å². The van der Waals surface area contributed by atoms with E-state index in [1.807, 2.05) is 0 Å². The van der Waals surface area contributed by atoms with E-state index in [0.29, 0.717) is 9.49 Å². The minimum atomic E-state index is 0.492. The second kappa shape index (κ2) is 2.57. The molecule has 0 aromatic heterocycles. The topological polar surface area (TPSA) is 0 Å². The van der Waals surface area contributed by atoms with Crippen LogP contribution >= 0.6 is 23.5 Å². The zero-order valence-corrected chi connectivity index (χ0v) is 10.9. The van der Waals surface area contributed by atoms with Crippen LogP contribution in [0.25, 0.3) is 0 Å². The van der Waals surface area contributed by atoms with Gasteiger partial charge in [-0.15, -0.1) is 23.5 Å². The Kier molecular flexibility index (Phi) is 1.77. The van der Waals surface area contributed by atoms with E-state index >= 15 is 0 Å². The number of thioether (sulfide) groups is 2. The Morgan fingerprint density at radius 2 is 1.86 bits per heavy atom. The van der Waals surface area contributed by atoms with Crippen LogP contribution in [0.3, 0.4) is 0 Å². The molecular formula is C12H18S2. The van der Waals surface area contributed by atoms with Gasteiger partial charge in [0.2, 0.25) is 0 Å². The highest BCUT2D eigenvalue weighted by Gasteiger charge is 2.79. The molecule has 0 aromatic rings. The summed E-state index contributed by atoms with van der Waals surface area (Å²) in [6.45, 7) is 9.59. The van der Waals surface area contributed by atoms with Gasteiger partial charge in [0.1, 0.15) is 0 Å². The molecule has 0 nitrogen and oxygen atoms in total. The van der Waals surface area contributed by atoms with Crippen LogP contribution in [0.15, 0.2) is 12.2 Å². The molecule has 0 aromatic carbocycles. The van der Waals surface area contributed by atoms with E-state index in [-0.39, 0.29) is 0 Å². The zero-order chi connectivity index (χ0) is 10.1. The van der Waals surface area contributed by atoms with Crippen molar-refractivity contribution >= 4 is 23.5 Å². The Hall–Kier alpha value is 0.440. The van der Waals surface area contributed by atoms with Crippen molar-refractivity contribution in [2.24, 2.45) is 11.8 Å². The van der Waals surface area contributed by atoms with Gasteiger partial charge >= 0.3 is 0 Å². The van der Waals surface area contributed by atoms with Crippen LogP contribution in [-0.2, 0) is 0 Å². The molecule has 0 radical (unpaired) electrons. The predicted molar refractivity (Wildman–Crippen MR) is 67.0 cm³/mol. The molecule has 14 heavy (non-hydrogen) atoms. The van der Waals surface area contributed by atoms with Gasteiger partial charge in [-0.25, -0.2) is 0 Å². The molecule has 1 aliphatic carbocycles. The average Bonchev–Trinajstić information content (AvgIpc) is 2.96. The van der Waals surface area contributed by atoms with E-state index in [1.54, 1.807) is 0 Å². The van der Waals surface area contributed by atoms with Crippen molar-refractivity contribution in [2.75, 3.05) is 0 Å². The molecule has 2 fully saturated rings. The van der Waals surface area contributed by atoms with Gasteiger partial charge in [-0.3, -0.25) is 0 Å². The first-order chi connectivity index (χ1) is 6.54. The second-order valence-corrected chi connectivity index (χ2v) is 8.26. The highest BCUT2D eigenvalue weighted by molar-refractivity contribution is 8.14. The molecule has 0 spiro atoms. The van der Waals surface area contributed by atoms with Crippen molar-refractivity contribution in [1.82, 2.24) is 0 Å². The van der Waals surface area contributed by atoms with E-state index < -0.39 is 0 Å². The van der Waals surface area contributed by atoms with Gasteiger partial charge in [0, 0.05) is 10.5 Å².